The maximum Gasteiger partial charge on any atom is 0.239 e. The average molecular weight is 204 g/mol. The van der Waals surface area contributed by atoms with Crippen LogP contribution in [0.15, 0.2) is 0 Å². The monoisotopic (exact) mass is 204 g/mol. The number of ether oxygens (including phenoxy) is 2. The summed E-state index contributed by atoms with van der Waals surface area (Å²) in [5.74, 6) is 0.105. The summed E-state index contributed by atoms with van der Waals surface area (Å²) in [5, 5.41) is 2.73. The second kappa shape index (κ2) is 7.73. The van der Waals surface area contributed by atoms with Gasteiger partial charge in [-0.15, -0.1) is 0 Å². The molecular formula is C9H20N2O3. The van der Waals surface area contributed by atoms with Crippen LogP contribution in [0, 0.1) is 5.92 Å². The normalized spacial score (nSPS) is 14.9. The zero-order valence-electron chi connectivity index (χ0n) is 9.08. The van der Waals surface area contributed by atoms with E-state index in [1.165, 1.54) is 7.11 Å². The van der Waals surface area contributed by atoms with Crippen molar-refractivity contribution in [1.82, 2.24) is 5.32 Å². The van der Waals surface area contributed by atoms with Crippen LogP contribution in [0.5, 0.6) is 0 Å². The zero-order chi connectivity index (χ0) is 11.0. The van der Waals surface area contributed by atoms with Gasteiger partial charge in [-0.25, -0.2) is 0 Å². The maximum absolute atomic E-state index is 11.3. The highest BCUT2D eigenvalue weighted by molar-refractivity contribution is 5.81. The minimum absolute atomic E-state index is 0.185. The van der Waals surface area contributed by atoms with Crippen molar-refractivity contribution in [1.29, 1.82) is 0 Å². The van der Waals surface area contributed by atoms with Gasteiger partial charge in [0.25, 0.3) is 0 Å². The number of methoxy groups -OCH3 is 2. The van der Waals surface area contributed by atoms with E-state index in [-0.39, 0.29) is 12.5 Å². The molecule has 0 aromatic heterocycles. The summed E-state index contributed by atoms with van der Waals surface area (Å²) >= 11 is 0. The Morgan fingerprint density at radius 2 is 1.93 bits per heavy atom. The van der Waals surface area contributed by atoms with E-state index in [4.69, 9.17) is 15.2 Å². The van der Waals surface area contributed by atoms with Crippen LogP contribution in [0.2, 0.25) is 0 Å². The molecule has 0 aliphatic carbocycles. The Hall–Kier alpha value is -0.650. The summed E-state index contributed by atoms with van der Waals surface area (Å²) < 4.78 is 9.71. The molecule has 2 unspecified atom stereocenters. The lowest BCUT2D eigenvalue weighted by molar-refractivity contribution is -0.123. The van der Waals surface area contributed by atoms with Crippen molar-refractivity contribution < 1.29 is 14.3 Å². The number of hydrogen-bond acceptors (Lipinski definition) is 4. The summed E-state index contributed by atoms with van der Waals surface area (Å²) in [6, 6.07) is -0.588. The Bertz CT molecular complexity index is 164. The second-order valence-corrected chi connectivity index (χ2v) is 3.37. The van der Waals surface area contributed by atoms with E-state index < -0.39 is 6.04 Å². The van der Waals surface area contributed by atoms with Crippen molar-refractivity contribution in [3.8, 4) is 0 Å². The Labute approximate surface area is 84.9 Å². The molecule has 0 aliphatic rings. The number of nitrogens with one attached hydrogen (secondary N) is 1. The lowest BCUT2D eigenvalue weighted by atomic mass is 10.2. The summed E-state index contributed by atoms with van der Waals surface area (Å²) in [6.45, 7) is 3.43. The fraction of sp³-hybridized carbons (Fsp3) is 0.889. The van der Waals surface area contributed by atoms with Gasteiger partial charge < -0.3 is 20.5 Å². The summed E-state index contributed by atoms with van der Waals surface area (Å²) in [6.07, 6.45) is 0. The largest absolute Gasteiger partial charge is 0.384 e. The molecule has 0 saturated heterocycles. The fourth-order valence-corrected chi connectivity index (χ4v) is 1.00. The van der Waals surface area contributed by atoms with E-state index in [9.17, 15) is 4.79 Å². The minimum atomic E-state index is -0.588. The van der Waals surface area contributed by atoms with Crippen LogP contribution in [-0.4, -0.2) is 45.9 Å². The first-order chi connectivity index (χ1) is 6.61. The fourth-order valence-electron chi connectivity index (χ4n) is 1.00. The molecule has 0 rings (SSSR count). The molecule has 0 aromatic rings. The van der Waals surface area contributed by atoms with Crippen LogP contribution in [-0.2, 0) is 14.3 Å². The van der Waals surface area contributed by atoms with Gasteiger partial charge in [-0.05, 0) is 5.92 Å². The highest BCUT2D eigenvalue weighted by Gasteiger charge is 2.13. The summed E-state index contributed by atoms with van der Waals surface area (Å²) in [7, 11) is 3.15. The van der Waals surface area contributed by atoms with E-state index in [1.54, 1.807) is 7.11 Å². The highest BCUT2D eigenvalue weighted by atomic mass is 16.5. The van der Waals surface area contributed by atoms with E-state index in [0.717, 1.165) is 0 Å². The van der Waals surface area contributed by atoms with Crippen LogP contribution >= 0.6 is 0 Å². The van der Waals surface area contributed by atoms with Crippen LogP contribution in [0.1, 0.15) is 6.92 Å². The first-order valence-corrected chi connectivity index (χ1v) is 4.63. The number of hydrogen-bond donors (Lipinski definition) is 2. The molecule has 0 radical (unpaired) electrons. The molecule has 5 heteroatoms. The third kappa shape index (κ3) is 5.90. The molecule has 0 aromatic carbocycles. The second-order valence-electron chi connectivity index (χ2n) is 3.37. The Kier molecular flexibility index (Phi) is 7.37. The van der Waals surface area contributed by atoms with Crippen molar-refractivity contribution in [2.75, 3.05) is 34.0 Å². The maximum atomic E-state index is 11.3. The third-order valence-electron chi connectivity index (χ3n) is 1.76. The van der Waals surface area contributed by atoms with Gasteiger partial charge in [-0.2, -0.15) is 0 Å². The first kappa shape index (κ1) is 13.4. The molecule has 0 heterocycles. The van der Waals surface area contributed by atoms with Gasteiger partial charge in [0.05, 0.1) is 13.2 Å². The molecule has 1 amide bonds. The standard InChI is InChI=1S/C9H20N2O3/c1-7(5-13-2)4-11-9(12)8(10)6-14-3/h7-8H,4-6,10H2,1-3H3,(H,11,12). The topological polar surface area (TPSA) is 73.6 Å². The molecule has 84 valence electrons. The number of carbonyl (C=O) groups excluding carboxylic acids is 1. The number of amides is 1. The average Bonchev–Trinajstić information content (AvgIpc) is 2.15. The van der Waals surface area contributed by atoms with Crippen molar-refractivity contribution in [2.24, 2.45) is 11.7 Å². The molecule has 0 fully saturated rings. The van der Waals surface area contributed by atoms with Crippen LogP contribution in [0.3, 0.4) is 0 Å². The van der Waals surface area contributed by atoms with Crippen molar-refractivity contribution in [3.05, 3.63) is 0 Å². The van der Waals surface area contributed by atoms with Gasteiger partial charge in [0.2, 0.25) is 5.91 Å². The molecular weight excluding hydrogens is 184 g/mol. The van der Waals surface area contributed by atoms with Gasteiger partial charge in [-0.1, -0.05) is 6.92 Å². The Morgan fingerprint density at radius 3 is 2.43 bits per heavy atom. The first-order valence-electron chi connectivity index (χ1n) is 4.63. The van der Waals surface area contributed by atoms with Crippen molar-refractivity contribution >= 4 is 5.91 Å². The molecule has 2 atom stereocenters. The van der Waals surface area contributed by atoms with Crippen LogP contribution in [0.25, 0.3) is 0 Å². The SMILES string of the molecule is COCC(C)CNC(=O)C(N)COC. The molecule has 5 nitrogen and oxygen atoms in total. The molecule has 0 bridgehead atoms. The minimum Gasteiger partial charge on any atom is -0.384 e. The molecule has 14 heavy (non-hydrogen) atoms. The Morgan fingerprint density at radius 1 is 1.36 bits per heavy atom. The highest BCUT2D eigenvalue weighted by Crippen LogP contribution is 1.92. The molecule has 0 saturated carbocycles. The van der Waals surface area contributed by atoms with E-state index in [0.29, 0.717) is 19.1 Å². The van der Waals surface area contributed by atoms with Crippen molar-refractivity contribution in [2.45, 2.75) is 13.0 Å². The van der Waals surface area contributed by atoms with Gasteiger partial charge in [0.1, 0.15) is 6.04 Å². The van der Waals surface area contributed by atoms with E-state index >= 15 is 0 Å². The predicted octanol–water partition coefficient (Wildman–Crippen LogP) is -0.641. The number of nitrogens with two attached hydrogens (primary N) is 1. The van der Waals surface area contributed by atoms with Crippen LogP contribution in [0.4, 0.5) is 0 Å². The smallest absolute Gasteiger partial charge is 0.239 e. The summed E-state index contributed by atoms with van der Waals surface area (Å²) in [4.78, 5) is 11.3. The molecule has 3 N–H and O–H groups in total. The summed E-state index contributed by atoms with van der Waals surface area (Å²) in [5.41, 5.74) is 5.52. The zero-order valence-corrected chi connectivity index (χ0v) is 9.08. The van der Waals surface area contributed by atoms with Gasteiger partial charge in [0.15, 0.2) is 0 Å². The quantitative estimate of drug-likeness (QED) is 0.578. The van der Waals surface area contributed by atoms with Gasteiger partial charge in [0, 0.05) is 20.8 Å². The lowest BCUT2D eigenvalue weighted by Crippen LogP contribution is -2.45. The molecule has 0 spiro atoms. The third-order valence-corrected chi connectivity index (χ3v) is 1.76. The Balaban J connectivity index is 3.61. The molecule has 0 aliphatic heterocycles. The predicted molar refractivity (Wildman–Crippen MR) is 53.9 cm³/mol. The van der Waals surface area contributed by atoms with E-state index in [2.05, 4.69) is 5.32 Å². The number of rotatable bonds is 7. The lowest BCUT2D eigenvalue weighted by Gasteiger charge is -2.14. The van der Waals surface area contributed by atoms with Gasteiger partial charge >= 0.3 is 0 Å². The van der Waals surface area contributed by atoms with Crippen molar-refractivity contribution in [3.63, 3.8) is 0 Å². The van der Waals surface area contributed by atoms with E-state index in [1.807, 2.05) is 6.92 Å². The number of carbonyl (C=O) groups is 1. The van der Waals surface area contributed by atoms with Crippen LogP contribution < -0.4 is 11.1 Å². The van der Waals surface area contributed by atoms with Gasteiger partial charge in [-0.3, -0.25) is 4.79 Å².